The topological polar surface area (TPSA) is 85.5 Å². The zero-order valence-electron chi connectivity index (χ0n) is 11.7. The van der Waals surface area contributed by atoms with Crippen molar-refractivity contribution < 1.29 is 19.1 Å². The van der Waals surface area contributed by atoms with Crippen molar-refractivity contribution in [2.24, 2.45) is 0 Å². The largest absolute Gasteiger partial charge is 0.508 e. The first kappa shape index (κ1) is 13.8. The Kier molecular flexibility index (Phi) is 3.57. The van der Waals surface area contributed by atoms with Gasteiger partial charge < -0.3 is 14.3 Å². The van der Waals surface area contributed by atoms with Gasteiger partial charge in [-0.3, -0.25) is 0 Å². The van der Waals surface area contributed by atoms with Crippen molar-refractivity contribution in [3.05, 3.63) is 54.1 Å². The van der Waals surface area contributed by atoms with Crippen LogP contribution in [0, 0.1) is 0 Å². The van der Waals surface area contributed by atoms with E-state index in [4.69, 9.17) is 4.42 Å². The van der Waals surface area contributed by atoms with E-state index >= 15 is 0 Å². The molecule has 1 heterocycles. The molecule has 1 N–H and O–H groups in total. The molecule has 0 aliphatic carbocycles. The number of phenols is 1. The normalized spacial score (nSPS) is 10.4. The molecular formula is C16H12N2O4. The van der Waals surface area contributed by atoms with Crippen LogP contribution in [0.15, 0.2) is 52.9 Å². The molecule has 0 unspecified atom stereocenters. The SMILES string of the molecule is COC(=O)c1ccc(-c2nnc(-c3ccc(O)cc3)o2)cc1. The quantitative estimate of drug-likeness (QED) is 0.748. The van der Waals surface area contributed by atoms with E-state index in [-0.39, 0.29) is 5.75 Å². The molecule has 0 radical (unpaired) electrons. The molecule has 22 heavy (non-hydrogen) atoms. The van der Waals surface area contributed by atoms with Crippen LogP contribution in [0.25, 0.3) is 22.9 Å². The summed E-state index contributed by atoms with van der Waals surface area (Å²) in [5.74, 6) is 0.468. The first-order valence-corrected chi connectivity index (χ1v) is 6.49. The molecule has 0 aliphatic rings. The van der Waals surface area contributed by atoms with Crippen LogP contribution in [0.4, 0.5) is 0 Å². The Labute approximate surface area is 126 Å². The number of nitrogens with zero attached hydrogens (tertiary/aromatic N) is 2. The maximum absolute atomic E-state index is 11.4. The van der Waals surface area contributed by atoms with E-state index in [1.54, 1.807) is 48.5 Å². The van der Waals surface area contributed by atoms with E-state index in [2.05, 4.69) is 14.9 Å². The second-order valence-corrected chi connectivity index (χ2v) is 4.53. The lowest BCUT2D eigenvalue weighted by molar-refractivity contribution is 0.0600. The maximum Gasteiger partial charge on any atom is 0.337 e. The summed E-state index contributed by atoms with van der Waals surface area (Å²) in [7, 11) is 1.33. The van der Waals surface area contributed by atoms with Gasteiger partial charge in [-0.05, 0) is 48.5 Å². The second kappa shape index (κ2) is 5.69. The van der Waals surface area contributed by atoms with Crippen molar-refractivity contribution in [2.75, 3.05) is 7.11 Å². The Morgan fingerprint density at radius 3 is 1.95 bits per heavy atom. The molecule has 2 aromatic carbocycles. The Balaban J connectivity index is 1.87. The number of hydrogen-bond donors (Lipinski definition) is 1. The predicted molar refractivity (Wildman–Crippen MR) is 78.2 cm³/mol. The Morgan fingerprint density at radius 1 is 0.955 bits per heavy atom. The molecule has 3 rings (SSSR count). The molecule has 6 heteroatoms. The minimum absolute atomic E-state index is 0.168. The van der Waals surface area contributed by atoms with Crippen LogP contribution in [-0.4, -0.2) is 28.4 Å². The summed E-state index contributed by atoms with van der Waals surface area (Å²) in [6, 6.07) is 13.1. The fraction of sp³-hybridized carbons (Fsp3) is 0.0625. The van der Waals surface area contributed by atoms with E-state index in [1.165, 1.54) is 7.11 Å². The van der Waals surface area contributed by atoms with Crippen molar-refractivity contribution in [1.29, 1.82) is 0 Å². The van der Waals surface area contributed by atoms with Crippen molar-refractivity contribution in [3.63, 3.8) is 0 Å². The van der Waals surface area contributed by atoms with Crippen molar-refractivity contribution in [3.8, 4) is 28.7 Å². The number of rotatable bonds is 3. The number of benzene rings is 2. The molecule has 0 amide bonds. The highest BCUT2D eigenvalue weighted by Crippen LogP contribution is 2.25. The van der Waals surface area contributed by atoms with Crippen LogP contribution in [0.3, 0.4) is 0 Å². The zero-order chi connectivity index (χ0) is 15.5. The van der Waals surface area contributed by atoms with Crippen molar-refractivity contribution in [1.82, 2.24) is 10.2 Å². The van der Waals surface area contributed by atoms with Gasteiger partial charge in [0.2, 0.25) is 11.8 Å². The summed E-state index contributed by atoms with van der Waals surface area (Å²) in [5.41, 5.74) is 1.86. The number of aromatic nitrogens is 2. The van der Waals surface area contributed by atoms with Crippen LogP contribution >= 0.6 is 0 Å². The number of esters is 1. The van der Waals surface area contributed by atoms with Gasteiger partial charge in [-0.15, -0.1) is 10.2 Å². The number of ether oxygens (including phenoxy) is 1. The van der Waals surface area contributed by atoms with Gasteiger partial charge in [0.05, 0.1) is 12.7 Å². The molecule has 0 saturated heterocycles. The summed E-state index contributed by atoms with van der Waals surface area (Å²) in [5, 5.41) is 17.2. The summed E-state index contributed by atoms with van der Waals surface area (Å²) >= 11 is 0. The lowest BCUT2D eigenvalue weighted by Crippen LogP contribution is -2.00. The van der Waals surface area contributed by atoms with Crippen molar-refractivity contribution >= 4 is 5.97 Å². The molecule has 0 fully saturated rings. The number of phenolic OH excluding ortho intramolecular Hbond substituents is 1. The number of methoxy groups -OCH3 is 1. The van der Waals surface area contributed by atoms with Gasteiger partial charge in [-0.2, -0.15) is 0 Å². The number of carbonyl (C=O) groups excluding carboxylic acids is 1. The van der Waals surface area contributed by atoms with Gasteiger partial charge in [0, 0.05) is 11.1 Å². The molecular weight excluding hydrogens is 284 g/mol. The second-order valence-electron chi connectivity index (χ2n) is 4.53. The van der Waals surface area contributed by atoms with E-state index in [1.807, 2.05) is 0 Å². The first-order chi connectivity index (χ1) is 10.7. The molecule has 0 saturated carbocycles. The molecule has 0 bridgehead atoms. The molecule has 3 aromatic rings. The number of aromatic hydroxyl groups is 1. The monoisotopic (exact) mass is 296 g/mol. The fourth-order valence-corrected chi connectivity index (χ4v) is 1.93. The predicted octanol–water partition coefficient (Wildman–Crippen LogP) is 2.90. The van der Waals surface area contributed by atoms with Crippen LogP contribution in [0.2, 0.25) is 0 Å². The van der Waals surface area contributed by atoms with Gasteiger partial charge in [0.15, 0.2) is 0 Å². The van der Waals surface area contributed by atoms with Gasteiger partial charge in [-0.1, -0.05) is 0 Å². The fourth-order valence-electron chi connectivity index (χ4n) is 1.93. The highest BCUT2D eigenvalue weighted by molar-refractivity contribution is 5.89. The standard InChI is InChI=1S/C16H12N2O4/c1-21-16(20)12-4-2-10(3-5-12)14-17-18-15(22-14)11-6-8-13(19)9-7-11/h2-9,19H,1H3. The van der Waals surface area contributed by atoms with E-state index in [0.29, 0.717) is 28.5 Å². The Morgan fingerprint density at radius 2 is 1.45 bits per heavy atom. The molecule has 0 aliphatic heterocycles. The summed E-state index contributed by atoms with van der Waals surface area (Å²) in [4.78, 5) is 11.4. The lowest BCUT2D eigenvalue weighted by Gasteiger charge is -1.99. The molecule has 6 nitrogen and oxygen atoms in total. The van der Waals surface area contributed by atoms with Crippen LogP contribution < -0.4 is 0 Å². The van der Waals surface area contributed by atoms with Crippen LogP contribution in [-0.2, 0) is 4.74 Å². The lowest BCUT2D eigenvalue weighted by atomic mass is 10.1. The van der Waals surface area contributed by atoms with Gasteiger partial charge in [0.25, 0.3) is 0 Å². The highest BCUT2D eigenvalue weighted by atomic mass is 16.5. The third-order valence-corrected chi connectivity index (χ3v) is 3.09. The highest BCUT2D eigenvalue weighted by Gasteiger charge is 2.11. The summed E-state index contributed by atoms with van der Waals surface area (Å²) in [6.07, 6.45) is 0. The van der Waals surface area contributed by atoms with Crippen molar-refractivity contribution in [2.45, 2.75) is 0 Å². The van der Waals surface area contributed by atoms with E-state index in [0.717, 1.165) is 0 Å². The minimum atomic E-state index is -0.401. The van der Waals surface area contributed by atoms with Crippen LogP contribution in [0.5, 0.6) is 5.75 Å². The van der Waals surface area contributed by atoms with Gasteiger partial charge >= 0.3 is 5.97 Å². The molecule has 0 spiro atoms. The third-order valence-electron chi connectivity index (χ3n) is 3.09. The molecule has 0 atom stereocenters. The van der Waals surface area contributed by atoms with Gasteiger partial charge in [0.1, 0.15) is 5.75 Å². The van der Waals surface area contributed by atoms with E-state index in [9.17, 15) is 9.90 Å². The maximum atomic E-state index is 11.4. The average molecular weight is 296 g/mol. The summed E-state index contributed by atoms with van der Waals surface area (Å²) < 4.78 is 10.2. The number of carbonyl (C=O) groups is 1. The van der Waals surface area contributed by atoms with Gasteiger partial charge in [-0.25, -0.2) is 4.79 Å². The summed E-state index contributed by atoms with van der Waals surface area (Å²) in [6.45, 7) is 0. The smallest absolute Gasteiger partial charge is 0.337 e. The van der Waals surface area contributed by atoms with E-state index < -0.39 is 5.97 Å². The number of hydrogen-bond acceptors (Lipinski definition) is 6. The molecule has 1 aromatic heterocycles. The first-order valence-electron chi connectivity index (χ1n) is 6.49. The average Bonchev–Trinajstić information content (AvgIpc) is 3.05. The molecule has 110 valence electrons. The Hall–Kier alpha value is -3.15. The third kappa shape index (κ3) is 2.67. The van der Waals surface area contributed by atoms with Crippen LogP contribution in [0.1, 0.15) is 10.4 Å². The minimum Gasteiger partial charge on any atom is -0.508 e. The zero-order valence-corrected chi connectivity index (χ0v) is 11.7. The Bertz CT molecular complexity index is 792.